The molecular weight excluding hydrogens is 448 g/mol. The minimum absolute atomic E-state index is 0.0198. The van der Waals surface area contributed by atoms with Gasteiger partial charge in [0.15, 0.2) is 0 Å². The van der Waals surface area contributed by atoms with E-state index in [-0.39, 0.29) is 24.8 Å². The maximum absolute atomic E-state index is 12.9. The molecule has 35 heavy (non-hydrogen) atoms. The number of rotatable bonds is 8. The number of nitrogens with one attached hydrogen (secondary N) is 1. The molecule has 1 atom stereocenters. The number of hydrogen-bond acceptors (Lipinski definition) is 5. The van der Waals surface area contributed by atoms with Crippen LogP contribution in [0.25, 0.3) is 11.1 Å². The molecule has 180 valence electrons. The highest BCUT2D eigenvalue weighted by molar-refractivity contribution is 5.89. The summed E-state index contributed by atoms with van der Waals surface area (Å²) in [6, 6.07) is 21.0. The first kappa shape index (κ1) is 23.8. The zero-order chi connectivity index (χ0) is 24.9. The fraction of sp³-hybridized carbons (Fsp3) is 0.222. The minimum Gasteiger partial charge on any atom is -0.508 e. The topological polar surface area (TPSA) is 116 Å². The summed E-state index contributed by atoms with van der Waals surface area (Å²) in [5, 5.41) is 21.6. The molecule has 1 aliphatic rings. The maximum atomic E-state index is 12.9. The first-order valence-electron chi connectivity index (χ1n) is 11.2. The fourth-order valence-electron chi connectivity index (χ4n) is 4.40. The normalized spacial score (nSPS) is 12.8. The van der Waals surface area contributed by atoms with E-state index in [0.717, 1.165) is 22.3 Å². The van der Waals surface area contributed by atoms with Crippen molar-refractivity contribution in [1.82, 2.24) is 10.2 Å². The standard InChI is InChI=1S/C27H26N2O6/c1-29(15-17-8-2-7-13-24(17)30)26(33)23(14-25(31)32)28-27(34)35-16-22-20-11-5-3-9-18(20)19-10-4-6-12-21(19)22/h2-13,22-23,30H,14-16H2,1H3,(H,28,34)(H,31,32). The van der Waals surface area contributed by atoms with Gasteiger partial charge in [-0.3, -0.25) is 9.59 Å². The summed E-state index contributed by atoms with van der Waals surface area (Å²) in [4.78, 5) is 38.2. The van der Waals surface area contributed by atoms with Gasteiger partial charge in [0.2, 0.25) is 5.91 Å². The number of carbonyl (C=O) groups is 3. The number of amides is 2. The van der Waals surface area contributed by atoms with Crippen LogP contribution in [0.15, 0.2) is 72.8 Å². The lowest BCUT2D eigenvalue weighted by Crippen LogP contribution is -2.48. The van der Waals surface area contributed by atoms with Crippen LogP contribution in [-0.2, 0) is 20.9 Å². The zero-order valence-electron chi connectivity index (χ0n) is 19.2. The van der Waals surface area contributed by atoms with Crippen molar-refractivity contribution in [2.45, 2.75) is 24.9 Å². The van der Waals surface area contributed by atoms with Crippen LogP contribution in [0.2, 0.25) is 0 Å². The third-order valence-electron chi connectivity index (χ3n) is 6.09. The van der Waals surface area contributed by atoms with Crippen molar-refractivity contribution in [3.05, 3.63) is 89.5 Å². The number of aromatic hydroxyl groups is 1. The van der Waals surface area contributed by atoms with E-state index < -0.39 is 30.4 Å². The number of alkyl carbamates (subject to hydrolysis) is 1. The Kier molecular flexibility index (Phi) is 7.01. The Labute approximate surface area is 202 Å². The highest BCUT2D eigenvalue weighted by Gasteiger charge is 2.31. The van der Waals surface area contributed by atoms with Gasteiger partial charge in [0.1, 0.15) is 18.4 Å². The lowest BCUT2D eigenvalue weighted by atomic mass is 9.98. The lowest BCUT2D eigenvalue weighted by Gasteiger charge is -2.24. The van der Waals surface area contributed by atoms with Crippen LogP contribution in [0.3, 0.4) is 0 Å². The zero-order valence-corrected chi connectivity index (χ0v) is 19.2. The van der Waals surface area contributed by atoms with Crippen molar-refractivity contribution in [3.8, 4) is 16.9 Å². The molecule has 0 saturated heterocycles. The molecule has 4 rings (SSSR count). The van der Waals surface area contributed by atoms with Gasteiger partial charge < -0.3 is 25.2 Å². The first-order valence-corrected chi connectivity index (χ1v) is 11.2. The molecule has 0 saturated carbocycles. The molecule has 0 heterocycles. The largest absolute Gasteiger partial charge is 0.508 e. The summed E-state index contributed by atoms with van der Waals surface area (Å²) in [7, 11) is 1.48. The number of phenols is 1. The predicted octanol–water partition coefficient (Wildman–Crippen LogP) is 3.73. The highest BCUT2D eigenvalue weighted by Crippen LogP contribution is 2.44. The second-order valence-corrected chi connectivity index (χ2v) is 8.44. The molecule has 1 unspecified atom stereocenters. The van der Waals surface area contributed by atoms with Gasteiger partial charge in [-0.15, -0.1) is 0 Å². The second kappa shape index (κ2) is 10.3. The average Bonchev–Trinajstić information content (AvgIpc) is 3.16. The smallest absolute Gasteiger partial charge is 0.407 e. The summed E-state index contributed by atoms with van der Waals surface area (Å²) in [6.45, 7) is 0.0928. The van der Waals surface area contributed by atoms with E-state index in [1.54, 1.807) is 18.2 Å². The van der Waals surface area contributed by atoms with Crippen LogP contribution in [0, 0.1) is 0 Å². The SMILES string of the molecule is CN(Cc1ccccc1O)C(=O)C(CC(=O)O)NC(=O)OCC1c2ccccc2-c2ccccc21. The molecule has 0 aromatic heterocycles. The molecule has 8 nitrogen and oxygen atoms in total. The van der Waals surface area contributed by atoms with Crippen molar-refractivity contribution >= 4 is 18.0 Å². The Morgan fingerprint density at radius 2 is 1.51 bits per heavy atom. The van der Waals surface area contributed by atoms with Gasteiger partial charge in [0.25, 0.3) is 0 Å². The van der Waals surface area contributed by atoms with Crippen LogP contribution in [0.1, 0.15) is 29.0 Å². The number of nitrogens with zero attached hydrogens (tertiary/aromatic N) is 1. The van der Waals surface area contributed by atoms with Gasteiger partial charge >= 0.3 is 12.1 Å². The molecule has 3 N–H and O–H groups in total. The molecular formula is C27H26N2O6. The molecule has 3 aromatic rings. The highest BCUT2D eigenvalue weighted by atomic mass is 16.5. The molecule has 3 aromatic carbocycles. The maximum Gasteiger partial charge on any atom is 0.407 e. The number of ether oxygens (including phenoxy) is 1. The van der Waals surface area contributed by atoms with E-state index in [1.807, 2.05) is 48.5 Å². The fourth-order valence-corrected chi connectivity index (χ4v) is 4.40. The molecule has 0 aliphatic heterocycles. The van der Waals surface area contributed by atoms with E-state index in [1.165, 1.54) is 18.0 Å². The Morgan fingerprint density at radius 1 is 0.943 bits per heavy atom. The van der Waals surface area contributed by atoms with Crippen LogP contribution >= 0.6 is 0 Å². The molecule has 2 amide bonds. The summed E-state index contributed by atoms with van der Waals surface area (Å²) >= 11 is 0. The Hall–Kier alpha value is -4.33. The number of carbonyl (C=O) groups excluding carboxylic acids is 2. The van der Waals surface area contributed by atoms with E-state index >= 15 is 0 Å². The number of hydrogen-bond donors (Lipinski definition) is 3. The minimum atomic E-state index is -1.32. The Morgan fingerprint density at radius 3 is 2.11 bits per heavy atom. The van der Waals surface area contributed by atoms with Gasteiger partial charge in [0, 0.05) is 25.1 Å². The number of phenolic OH excluding ortho intramolecular Hbond substituents is 1. The van der Waals surface area contributed by atoms with E-state index in [4.69, 9.17) is 4.74 Å². The summed E-state index contributed by atoms with van der Waals surface area (Å²) in [6.07, 6.45) is -1.48. The van der Waals surface area contributed by atoms with Crippen LogP contribution in [0.4, 0.5) is 4.79 Å². The number of benzene rings is 3. The molecule has 8 heteroatoms. The molecule has 0 bridgehead atoms. The van der Waals surface area contributed by atoms with Crippen molar-refractivity contribution in [3.63, 3.8) is 0 Å². The Balaban J connectivity index is 1.42. The van der Waals surface area contributed by atoms with Crippen molar-refractivity contribution in [2.24, 2.45) is 0 Å². The summed E-state index contributed by atoms with van der Waals surface area (Å²) in [5.41, 5.74) is 4.76. The predicted molar refractivity (Wildman–Crippen MR) is 129 cm³/mol. The third kappa shape index (κ3) is 5.27. The quantitative estimate of drug-likeness (QED) is 0.458. The van der Waals surface area contributed by atoms with Crippen molar-refractivity contribution in [1.29, 1.82) is 0 Å². The number of carboxylic acids is 1. The summed E-state index contributed by atoms with van der Waals surface area (Å²) in [5.74, 6) is -1.99. The molecule has 0 spiro atoms. The van der Waals surface area contributed by atoms with E-state index in [9.17, 15) is 24.6 Å². The third-order valence-corrected chi connectivity index (χ3v) is 6.09. The molecule has 0 radical (unpaired) electrons. The van der Waals surface area contributed by atoms with Crippen LogP contribution in [-0.4, -0.2) is 52.8 Å². The molecule has 0 fully saturated rings. The van der Waals surface area contributed by atoms with Gasteiger partial charge in [-0.05, 0) is 28.3 Å². The van der Waals surface area contributed by atoms with Crippen LogP contribution in [0.5, 0.6) is 5.75 Å². The van der Waals surface area contributed by atoms with Gasteiger partial charge in [-0.25, -0.2) is 4.79 Å². The van der Waals surface area contributed by atoms with Gasteiger partial charge in [0.05, 0.1) is 6.42 Å². The van der Waals surface area contributed by atoms with Gasteiger partial charge in [-0.1, -0.05) is 66.7 Å². The molecule has 1 aliphatic carbocycles. The van der Waals surface area contributed by atoms with Crippen molar-refractivity contribution < 1.29 is 29.3 Å². The Bertz CT molecular complexity index is 1210. The van der Waals surface area contributed by atoms with Crippen molar-refractivity contribution in [2.75, 3.05) is 13.7 Å². The number of para-hydroxylation sites is 1. The first-order chi connectivity index (χ1) is 16.8. The van der Waals surface area contributed by atoms with E-state index in [2.05, 4.69) is 5.32 Å². The summed E-state index contributed by atoms with van der Waals surface area (Å²) < 4.78 is 5.47. The number of fused-ring (bicyclic) bond motifs is 3. The van der Waals surface area contributed by atoms with Crippen LogP contribution < -0.4 is 5.32 Å². The monoisotopic (exact) mass is 474 g/mol. The number of aliphatic carboxylic acids is 1. The number of likely N-dealkylation sites (N-methyl/N-ethyl adjacent to an activating group) is 1. The number of carboxylic acid groups (broad SMARTS) is 1. The average molecular weight is 475 g/mol. The lowest BCUT2D eigenvalue weighted by molar-refractivity contribution is -0.142. The van der Waals surface area contributed by atoms with E-state index in [0.29, 0.717) is 5.56 Å². The van der Waals surface area contributed by atoms with Gasteiger partial charge in [-0.2, -0.15) is 0 Å². The second-order valence-electron chi connectivity index (χ2n) is 8.44.